The Bertz CT molecular complexity index is 643. The third-order valence-corrected chi connectivity index (χ3v) is 5.17. The molecule has 5 heteroatoms. The summed E-state index contributed by atoms with van der Waals surface area (Å²) in [5.74, 6) is 1.89. The number of nitrogens with one attached hydrogen (secondary N) is 1. The Labute approximate surface area is 129 Å². The lowest BCUT2D eigenvalue weighted by molar-refractivity contribution is 0.626. The molecule has 0 saturated heterocycles. The topological polar surface area (TPSA) is 42.7 Å². The van der Waals surface area contributed by atoms with E-state index in [0.29, 0.717) is 12.0 Å². The second kappa shape index (κ2) is 5.46. The van der Waals surface area contributed by atoms with Crippen molar-refractivity contribution in [3.63, 3.8) is 0 Å². The number of aromatic nitrogens is 3. The third-order valence-electron chi connectivity index (χ3n) is 4.09. The standard InChI is InChI=1S/C16H20N4S/c1-17-10-12-4-2-3-5-14(12)21-16-19-18-15(11-6-7-11)20(16)13-8-9-13/h2-5,11,13,17H,6-10H2,1H3. The van der Waals surface area contributed by atoms with Crippen molar-refractivity contribution in [2.45, 2.75) is 54.2 Å². The molecule has 0 spiro atoms. The normalized spacial score (nSPS) is 18.1. The zero-order valence-electron chi connectivity index (χ0n) is 12.2. The molecule has 0 radical (unpaired) electrons. The van der Waals surface area contributed by atoms with E-state index in [2.05, 4.69) is 44.3 Å². The summed E-state index contributed by atoms with van der Waals surface area (Å²) in [6.07, 6.45) is 5.13. The molecule has 110 valence electrons. The van der Waals surface area contributed by atoms with Crippen LogP contribution in [0.25, 0.3) is 0 Å². The smallest absolute Gasteiger partial charge is 0.196 e. The van der Waals surface area contributed by atoms with Crippen LogP contribution >= 0.6 is 11.8 Å². The zero-order valence-corrected chi connectivity index (χ0v) is 13.1. The van der Waals surface area contributed by atoms with Crippen LogP contribution in [0, 0.1) is 0 Å². The maximum absolute atomic E-state index is 4.49. The molecule has 2 saturated carbocycles. The molecule has 2 aliphatic rings. The Balaban J connectivity index is 1.65. The molecule has 1 aromatic heterocycles. The lowest BCUT2D eigenvalue weighted by Gasteiger charge is -2.10. The largest absolute Gasteiger partial charge is 0.316 e. The Morgan fingerprint density at radius 3 is 2.71 bits per heavy atom. The van der Waals surface area contributed by atoms with E-state index in [4.69, 9.17) is 0 Å². The summed E-state index contributed by atoms with van der Waals surface area (Å²) in [6.45, 7) is 0.885. The molecule has 0 unspecified atom stereocenters. The van der Waals surface area contributed by atoms with E-state index in [9.17, 15) is 0 Å². The summed E-state index contributed by atoms with van der Waals surface area (Å²) < 4.78 is 2.42. The summed E-state index contributed by atoms with van der Waals surface area (Å²) >= 11 is 1.76. The van der Waals surface area contributed by atoms with Crippen LogP contribution in [-0.2, 0) is 6.54 Å². The van der Waals surface area contributed by atoms with Crippen molar-refractivity contribution in [3.05, 3.63) is 35.7 Å². The summed E-state index contributed by atoms with van der Waals surface area (Å²) in [5.41, 5.74) is 1.32. The molecule has 1 aromatic carbocycles. The van der Waals surface area contributed by atoms with E-state index in [0.717, 1.165) is 11.7 Å². The number of rotatable bonds is 6. The van der Waals surface area contributed by atoms with Gasteiger partial charge in [0.1, 0.15) is 5.82 Å². The van der Waals surface area contributed by atoms with Crippen LogP contribution in [0.5, 0.6) is 0 Å². The molecule has 4 rings (SSSR count). The first-order valence-electron chi connectivity index (χ1n) is 7.72. The van der Waals surface area contributed by atoms with Crippen LogP contribution in [0.1, 0.15) is 49.0 Å². The highest BCUT2D eigenvalue weighted by Gasteiger charge is 2.36. The van der Waals surface area contributed by atoms with Crippen LogP contribution < -0.4 is 5.32 Å². The van der Waals surface area contributed by atoms with Crippen LogP contribution in [-0.4, -0.2) is 21.8 Å². The Kier molecular flexibility index (Phi) is 3.47. The van der Waals surface area contributed by atoms with Crippen molar-refractivity contribution < 1.29 is 0 Å². The predicted octanol–water partition coefficient (Wildman–Crippen LogP) is 3.36. The molecule has 21 heavy (non-hydrogen) atoms. The van der Waals surface area contributed by atoms with Gasteiger partial charge in [0.2, 0.25) is 0 Å². The van der Waals surface area contributed by atoms with Gasteiger partial charge in [-0.25, -0.2) is 0 Å². The average molecular weight is 300 g/mol. The second-order valence-corrected chi connectivity index (χ2v) is 6.97. The van der Waals surface area contributed by atoms with E-state index in [1.165, 1.54) is 42.0 Å². The van der Waals surface area contributed by atoms with Crippen LogP contribution in [0.3, 0.4) is 0 Å². The van der Waals surface area contributed by atoms with Crippen LogP contribution in [0.2, 0.25) is 0 Å². The SMILES string of the molecule is CNCc1ccccc1Sc1nnc(C2CC2)n1C1CC1. The first-order chi connectivity index (χ1) is 10.4. The molecule has 2 fully saturated rings. The van der Waals surface area contributed by atoms with Crippen molar-refractivity contribution >= 4 is 11.8 Å². The summed E-state index contributed by atoms with van der Waals surface area (Å²) in [5, 5.41) is 13.3. The van der Waals surface area contributed by atoms with Crippen molar-refractivity contribution in [2.24, 2.45) is 0 Å². The average Bonchev–Trinajstić information content (AvgIpc) is 3.41. The lowest BCUT2D eigenvalue weighted by atomic mass is 10.2. The first kappa shape index (κ1) is 13.3. The fourth-order valence-corrected chi connectivity index (χ4v) is 3.73. The van der Waals surface area contributed by atoms with Crippen molar-refractivity contribution in [2.75, 3.05) is 7.05 Å². The number of hydrogen-bond acceptors (Lipinski definition) is 4. The quantitative estimate of drug-likeness (QED) is 0.888. The van der Waals surface area contributed by atoms with E-state index in [-0.39, 0.29) is 0 Å². The van der Waals surface area contributed by atoms with Gasteiger partial charge in [-0.05, 0) is 56.1 Å². The minimum absolute atomic E-state index is 0.648. The molecular weight excluding hydrogens is 280 g/mol. The molecule has 1 N–H and O–H groups in total. The highest BCUT2D eigenvalue weighted by molar-refractivity contribution is 7.99. The molecule has 1 heterocycles. The summed E-state index contributed by atoms with van der Waals surface area (Å²) in [4.78, 5) is 1.28. The molecule has 4 nitrogen and oxygen atoms in total. The van der Waals surface area contributed by atoms with E-state index in [1.807, 2.05) is 7.05 Å². The molecule has 0 bridgehead atoms. The summed E-state index contributed by atoms with van der Waals surface area (Å²) in [7, 11) is 1.99. The van der Waals surface area contributed by atoms with Gasteiger partial charge in [-0.2, -0.15) is 0 Å². The maximum Gasteiger partial charge on any atom is 0.196 e. The number of nitrogens with zero attached hydrogens (tertiary/aromatic N) is 3. The molecule has 0 amide bonds. The van der Waals surface area contributed by atoms with Crippen molar-refractivity contribution in [3.8, 4) is 0 Å². The maximum atomic E-state index is 4.49. The Morgan fingerprint density at radius 1 is 1.19 bits per heavy atom. The van der Waals surface area contributed by atoms with Gasteiger partial charge in [0.05, 0.1) is 0 Å². The van der Waals surface area contributed by atoms with Gasteiger partial charge in [-0.1, -0.05) is 18.2 Å². The molecule has 0 atom stereocenters. The van der Waals surface area contributed by atoms with Gasteiger partial charge < -0.3 is 9.88 Å². The highest BCUT2D eigenvalue weighted by atomic mass is 32.2. The van der Waals surface area contributed by atoms with Crippen molar-refractivity contribution in [1.82, 2.24) is 20.1 Å². The van der Waals surface area contributed by atoms with Gasteiger partial charge in [0, 0.05) is 23.4 Å². The molecular formula is C16H20N4S. The predicted molar refractivity (Wildman–Crippen MR) is 83.6 cm³/mol. The van der Waals surface area contributed by atoms with E-state index in [1.54, 1.807) is 11.8 Å². The fourth-order valence-electron chi connectivity index (χ4n) is 2.69. The lowest BCUT2D eigenvalue weighted by Crippen LogP contribution is -2.06. The summed E-state index contributed by atoms with van der Waals surface area (Å²) in [6, 6.07) is 9.20. The van der Waals surface area contributed by atoms with Crippen LogP contribution in [0.15, 0.2) is 34.3 Å². The number of benzene rings is 1. The van der Waals surface area contributed by atoms with E-state index < -0.39 is 0 Å². The Hall–Kier alpha value is -1.33. The minimum atomic E-state index is 0.648. The Morgan fingerprint density at radius 2 is 2.00 bits per heavy atom. The molecule has 2 aromatic rings. The monoisotopic (exact) mass is 300 g/mol. The van der Waals surface area contributed by atoms with Gasteiger partial charge in [-0.15, -0.1) is 10.2 Å². The van der Waals surface area contributed by atoms with Crippen molar-refractivity contribution in [1.29, 1.82) is 0 Å². The first-order valence-corrected chi connectivity index (χ1v) is 8.53. The van der Waals surface area contributed by atoms with Gasteiger partial charge >= 0.3 is 0 Å². The molecule has 2 aliphatic carbocycles. The van der Waals surface area contributed by atoms with Gasteiger partial charge in [-0.3, -0.25) is 0 Å². The number of hydrogen-bond donors (Lipinski definition) is 1. The fraction of sp³-hybridized carbons (Fsp3) is 0.500. The van der Waals surface area contributed by atoms with E-state index >= 15 is 0 Å². The third kappa shape index (κ3) is 2.72. The van der Waals surface area contributed by atoms with Gasteiger partial charge in [0.15, 0.2) is 5.16 Å². The zero-order chi connectivity index (χ0) is 14.2. The second-order valence-electron chi connectivity index (χ2n) is 5.96. The minimum Gasteiger partial charge on any atom is -0.316 e. The molecule has 0 aliphatic heterocycles. The van der Waals surface area contributed by atoms with Gasteiger partial charge in [0.25, 0.3) is 0 Å². The highest BCUT2D eigenvalue weighted by Crippen LogP contribution is 2.46. The van der Waals surface area contributed by atoms with Crippen LogP contribution in [0.4, 0.5) is 0 Å².